The molecule has 0 heterocycles. The fraction of sp³-hybridized carbons (Fsp3) is 1.00. The molecule has 0 saturated heterocycles. The molecular weight excluding hydrogens is 130 g/mol. The molecule has 1 saturated carbocycles. The van der Waals surface area contributed by atoms with Gasteiger partial charge in [-0.05, 0) is 36.3 Å². The van der Waals surface area contributed by atoms with Crippen molar-refractivity contribution in [2.24, 2.45) is 17.6 Å². The lowest BCUT2D eigenvalue weighted by molar-refractivity contribution is 0.767. The van der Waals surface area contributed by atoms with E-state index in [1.165, 1.54) is 17.9 Å². The van der Waals surface area contributed by atoms with E-state index in [0.29, 0.717) is 0 Å². The minimum Gasteiger partial charge on any atom is -0.330 e. The third kappa shape index (κ3) is 2.18. The highest BCUT2D eigenvalue weighted by atomic mass is 32.2. The number of rotatable bonds is 4. The Morgan fingerprint density at radius 1 is 1.56 bits per heavy atom. The Labute approximate surface area is 61.4 Å². The molecule has 0 amide bonds. The molecular formula is C7H15NS. The Hall–Kier alpha value is 0.310. The van der Waals surface area contributed by atoms with Crippen LogP contribution in [-0.4, -0.2) is 18.1 Å². The molecule has 2 atom stereocenters. The average Bonchev–Trinajstić information content (AvgIpc) is 2.62. The van der Waals surface area contributed by atoms with Crippen LogP contribution in [-0.2, 0) is 0 Å². The molecule has 9 heavy (non-hydrogen) atoms. The van der Waals surface area contributed by atoms with Gasteiger partial charge in [-0.2, -0.15) is 11.8 Å². The van der Waals surface area contributed by atoms with Gasteiger partial charge >= 0.3 is 0 Å². The van der Waals surface area contributed by atoms with Gasteiger partial charge in [-0.25, -0.2) is 0 Å². The van der Waals surface area contributed by atoms with E-state index in [2.05, 4.69) is 6.92 Å². The first-order valence-electron chi connectivity index (χ1n) is 3.66. The lowest BCUT2D eigenvalue weighted by Gasteiger charge is -1.93. The molecule has 0 aromatic rings. The zero-order valence-electron chi connectivity index (χ0n) is 5.97. The number of hydrogen-bond acceptors (Lipinski definition) is 2. The lowest BCUT2D eigenvalue weighted by atomic mass is 10.3. The van der Waals surface area contributed by atoms with Crippen molar-refractivity contribution in [2.45, 2.75) is 13.3 Å². The minimum atomic E-state index is 0.879. The molecule has 0 spiro atoms. The quantitative estimate of drug-likeness (QED) is 0.646. The van der Waals surface area contributed by atoms with Crippen LogP contribution >= 0.6 is 11.8 Å². The van der Waals surface area contributed by atoms with E-state index < -0.39 is 0 Å². The average molecular weight is 145 g/mol. The first-order valence-corrected chi connectivity index (χ1v) is 4.81. The maximum Gasteiger partial charge on any atom is -0.00360 e. The van der Waals surface area contributed by atoms with Crippen molar-refractivity contribution in [3.05, 3.63) is 0 Å². The van der Waals surface area contributed by atoms with Crippen molar-refractivity contribution < 1.29 is 0 Å². The van der Waals surface area contributed by atoms with Gasteiger partial charge in [0.2, 0.25) is 0 Å². The van der Waals surface area contributed by atoms with Gasteiger partial charge in [0.05, 0.1) is 0 Å². The molecule has 0 aromatic heterocycles. The Bertz CT molecular complexity index is 85.0. The smallest absolute Gasteiger partial charge is 0.00360 e. The summed E-state index contributed by atoms with van der Waals surface area (Å²) >= 11 is 2.04. The second kappa shape index (κ2) is 3.47. The highest BCUT2D eigenvalue weighted by Gasteiger charge is 2.34. The summed E-state index contributed by atoms with van der Waals surface area (Å²) in [5, 5.41) is 0. The maximum atomic E-state index is 5.49. The Kier molecular flexibility index (Phi) is 2.86. The van der Waals surface area contributed by atoms with Gasteiger partial charge in [0.25, 0.3) is 0 Å². The van der Waals surface area contributed by atoms with Crippen LogP contribution in [0.15, 0.2) is 0 Å². The predicted molar refractivity (Wildman–Crippen MR) is 43.7 cm³/mol. The molecule has 1 fully saturated rings. The summed E-state index contributed by atoms with van der Waals surface area (Å²) in [6.07, 6.45) is 1.39. The van der Waals surface area contributed by atoms with Gasteiger partial charge in [-0.15, -0.1) is 0 Å². The highest BCUT2D eigenvalue weighted by Crippen LogP contribution is 2.39. The highest BCUT2D eigenvalue weighted by molar-refractivity contribution is 7.99. The van der Waals surface area contributed by atoms with Gasteiger partial charge in [0.1, 0.15) is 0 Å². The van der Waals surface area contributed by atoms with Crippen molar-refractivity contribution in [3.8, 4) is 0 Å². The standard InChI is InChI=1S/C7H15NS/c1-2-9-5-7-3-6(7)4-8/h6-7H,2-5,8H2,1H3/t6-,7-/m0/s1. The van der Waals surface area contributed by atoms with Gasteiger partial charge in [-0.1, -0.05) is 6.92 Å². The fourth-order valence-corrected chi connectivity index (χ4v) is 2.02. The second-order valence-corrected chi connectivity index (χ2v) is 3.97. The van der Waals surface area contributed by atoms with E-state index in [4.69, 9.17) is 5.73 Å². The normalized spacial score (nSPS) is 32.7. The molecule has 0 aromatic carbocycles. The van der Waals surface area contributed by atoms with Crippen LogP contribution in [0.3, 0.4) is 0 Å². The number of hydrogen-bond donors (Lipinski definition) is 1. The second-order valence-electron chi connectivity index (χ2n) is 2.65. The summed E-state index contributed by atoms with van der Waals surface area (Å²) in [6.45, 7) is 3.12. The fourth-order valence-electron chi connectivity index (χ4n) is 1.07. The van der Waals surface area contributed by atoms with E-state index in [-0.39, 0.29) is 0 Å². The van der Waals surface area contributed by atoms with Crippen molar-refractivity contribution in [3.63, 3.8) is 0 Å². The summed E-state index contributed by atoms with van der Waals surface area (Å²) < 4.78 is 0. The third-order valence-electron chi connectivity index (χ3n) is 1.91. The van der Waals surface area contributed by atoms with Crippen LogP contribution in [0.2, 0.25) is 0 Å². The van der Waals surface area contributed by atoms with Crippen molar-refractivity contribution in [1.82, 2.24) is 0 Å². The molecule has 1 aliphatic rings. The van der Waals surface area contributed by atoms with Crippen molar-refractivity contribution in [1.29, 1.82) is 0 Å². The van der Waals surface area contributed by atoms with Crippen LogP contribution in [0.4, 0.5) is 0 Å². The molecule has 0 bridgehead atoms. The molecule has 0 radical (unpaired) electrons. The topological polar surface area (TPSA) is 26.0 Å². The van der Waals surface area contributed by atoms with Crippen LogP contribution in [0.5, 0.6) is 0 Å². The summed E-state index contributed by atoms with van der Waals surface area (Å²) in [6, 6.07) is 0. The summed E-state index contributed by atoms with van der Waals surface area (Å²) in [5.41, 5.74) is 5.49. The minimum absolute atomic E-state index is 0.879. The molecule has 0 unspecified atom stereocenters. The van der Waals surface area contributed by atoms with Crippen LogP contribution in [0, 0.1) is 11.8 Å². The Balaban J connectivity index is 1.92. The van der Waals surface area contributed by atoms with E-state index in [9.17, 15) is 0 Å². The zero-order valence-corrected chi connectivity index (χ0v) is 6.79. The Morgan fingerprint density at radius 3 is 2.78 bits per heavy atom. The molecule has 1 aliphatic carbocycles. The summed E-state index contributed by atoms with van der Waals surface area (Å²) in [7, 11) is 0. The van der Waals surface area contributed by atoms with E-state index in [1.54, 1.807) is 0 Å². The SMILES string of the molecule is CCSC[C@@H]1C[C@H]1CN. The molecule has 2 heteroatoms. The van der Waals surface area contributed by atoms with Crippen LogP contribution in [0.25, 0.3) is 0 Å². The Morgan fingerprint density at radius 2 is 2.33 bits per heavy atom. The van der Waals surface area contributed by atoms with Gasteiger partial charge in [0, 0.05) is 0 Å². The van der Waals surface area contributed by atoms with Crippen LogP contribution in [0.1, 0.15) is 13.3 Å². The van der Waals surface area contributed by atoms with E-state index >= 15 is 0 Å². The largest absolute Gasteiger partial charge is 0.330 e. The van der Waals surface area contributed by atoms with Crippen molar-refractivity contribution >= 4 is 11.8 Å². The summed E-state index contributed by atoms with van der Waals surface area (Å²) in [4.78, 5) is 0. The maximum absolute atomic E-state index is 5.49. The predicted octanol–water partition coefficient (Wildman–Crippen LogP) is 1.33. The number of thioether (sulfide) groups is 1. The number of nitrogens with two attached hydrogens (primary N) is 1. The van der Waals surface area contributed by atoms with Crippen LogP contribution < -0.4 is 5.73 Å². The first-order chi connectivity index (χ1) is 4.38. The molecule has 54 valence electrons. The zero-order chi connectivity index (χ0) is 6.69. The van der Waals surface area contributed by atoms with Gasteiger partial charge in [-0.3, -0.25) is 0 Å². The molecule has 0 aliphatic heterocycles. The molecule has 1 rings (SSSR count). The molecule has 1 nitrogen and oxygen atoms in total. The third-order valence-corrected chi connectivity index (χ3v) is 2.98. The van der Waals surface area contributed by atoms with Crippen molar-refractivity contribution in [2.75, 3.05) is 18.1 Å². The van der Waals surface area contributed by atoms with E-state index in [1.807, 2.05) is 11.8 Å². The summed E-state index contributed by atoms with van der Waals surface area (Å²) in [5.74, 6) is 4.45. The van der Waals surface area contributed by atoms with Gasteiger partial charge < -0.3 is 5.73 Å². The lowest BCUT2D eigenvalue weighted by Crippen LogP contribution is -2.03. The molecule has 2 N–H and O–H groups in total. The monoisotopic (exact) mass is 145 g/mol. The van der Waals surface area contributed by atoms with E-state index in [0.717, 1.165) is 18.4 Å². The van der Waals surface area contributed by atoms with Gasteiger partial charge in [0.15, 0.2) is 0 Å². The first kappa shape index (κ1) is 7.42.